The molecule has 4 heteroatoms. The highest BCUT2D eigenvalue weighted by Gasteiger charge is 2.40. The predicted octanol–water partition coefficient (Wildman–Crippen LogP) is 5.58. The van der Waals surface area contributed by atoms with Gasteiger partial charge in [-0.15, -0.1) is 0 Å². The number of carbonyl (C=O) groups is 2. The van der Waals surface area contributed by atoms with Gasteiger partial charge in [0.05, 0.1) is 11.8 Å². The summed E-state index contributed by atoms with van der Waals surface area (Å²) in [7, 11) is 0. The molecule has 0 amide bonds. The normalized spacial score (nSPS) is 25.7. The summed E-state index contributed by atoms with van der Waals surface area (Å²) in [5, 5.41) is 11.6. The fraction of sp³-hybridized carbons (Fsp3) is 0.308. The quantitative estimate of drug-likeness (QED) is 0.412. The van der Waals surface area contributed by atoms with Crippen molar-refractivity contribution in [3.8, 4) is 5.75 Å². The topological polar surface area (TPSA) is 63.6 Å². The van der Waals surface area contributed by atoms with Crippen molar-refractivity contribution in [2.24, 2.45) is 11.8 Å². The lowest BCUT2D eigenvalue weighted by atomic mass is 9.68. The van der Waals surface area contributed by atoms with Gasteiger partial charge in [-0.2, -0.15) is 0 Å². The minimum atomic E-state index is -0.881. The molecule has 154 valence electrons. The summed E-state index contributed by atoms with van der Waals surface area (Å²) in [4.78, 5) is 24.9. The number of benzene rings is 2. The van der Waals surface area contributed by atoms with Gasteiger partial charge in [-0.25, -0.2) is 0 Å². The summed E-state index contributed by atoms with van der Waals surface area (Å²) in [5.74, 6) is -1.45. The van der Waals surface area contributed by atoms with Crippen LogP contribution in [0.1, 0.15) is 38.7 Å². The second-order valence-corrected chi connectivity index (χ2v) is 8.45. The van der Waals surface area contributed by atoms with Crippen LogP contribution in [0.2, 0.25) is 0 Å². The van der Waals surface area contributed by atoms with Crippen molar-refractivity contribution >= 4 is 22.7 Å². The molecule has 0 saturated heterocycles. The average molecular weight is 402 g/mol. The second kappa shape index (κ2) is 7.94. The zero-order valence-electron chi connectivity index (χ0n) is 17.3. The molecule has 0 spiro atoms. The van der Waals surface area contributed by atoms with Crippen molar-refractivity contribution in [2.45, 2.75) is 38.5 Å². The van der Waals surface area contributed by atoms with Crippen molar-refractivity contribution in [3.05, 3.63) is 77.9 Å². The molecule has 0 bridgehead atoms. The Hall–Kier alpha value is -3.14. The van der Waals surface area contributed by atoms with Crippen molar-refractivity contribution < 1.29 is 19.4 Å². The van der Waals surface area contributed by atoms with Crippen molar-refractivity contribution in [1.29, 1.82) is 0 Å². The molecule has 0 heterocycles. The van der Waals surface area contributed by atoms with Crippen LogP contribution < -0.4 is 4.74 Å². The lowest BCUT2D eigenvalue weighted by Crippen LogP contribution is -2.36. The molecule has 30 heavy (non-hydrogen) atoms. The van der Waals surface area contributed by atoms with Crippen LogP contribution in [0, 0.1) is 11.8 Å². The molecule has 2 aromatic carbocycles. The van der Waals surface area contributed by atoms with Crippen LogP contribution in [0.15, 0.2) is 72.4 Å². The largest absolute Gasteiger partial charge is 0.481 e. The van der Waals surface area contributed by atoms with Gasteiger partial charge in [0, 0.05) is 10.8 Å². The van der Waals surface area contributed by atoms with Crippen LogP contribution in [0.5, 0.6) is 5.75 Å². The number of rotatable bonds is 4. The number of carbonyl (C=O) groups excluding carboxylic acids is 1. The zero-order valence-corrected chi connectivity index (χ0v) is 17.3. The molecule has 0 aliphatic heterocycles. The molecule has 0 aromatic heterocycles. The van der Waals surface area contributed by atoms with E-state index in [2.05, 4.69) is 6.08 Å². The van der Waals surface area contributed by atoms with Gasteiger partial charge < -0.3 is 9.84 Å². The first-order valence-electron chi connectivity index (χ1n) is 10.4. The highest BCUT2D eigenvalue weighted by Crippen LogP contribution is 2.43. The number of carboxylic acids is 1. The Morgan fingerprint density at radius 2 is 1.90 bits per heavy atom. The van der Waals surface area contributed by atoms with Crippen LogP contribution >= 0.6 is 0 Å². The number of ether oxygens (including phenoxy) is 1. The summed E-state index contributed by atoms with van der Waals surface area (Å²) in [6.07, 6.45) is 11.9. The Morgan fingerprint density at radius 1 is 1.13 bits per heavy atom. The fourth-order valence-electron chi connectivity index (χ4n) is 4.67. The van der Waals surface area contributed by atoms with Crippen molar-refractivity contribution in [2.75, 3.05) is 0 Å². The highest BCUT2D eigenvalue weighted by molar-refractivity contribution is 5.95. The first-order valence-corrected chi connectivity index (χ1v) is 10.4. The highest BCUT2D eigenvalue weighted by atomic mass is 16.5. The van der Waals surface area contributed by atoms with E-state index in [0.29, 0.717) is 5.75 Å². The number of esters is 1. The maximum absolute atomic E-state index is 12.9. The third-order valence-electron chi connectivity index (χ3n) is 6.34. The van der Waals surface area contributed by atoms with Crippen molar-refractivity contribution in [1.82, 2.24) is 0 Å². The van der Waals surface area contributed by atoms with E-state index in [1.165, 1.54) is 5.57 Å². The summed E-state index contributed by atoms with van der Waals surface area (Å²) in [6.45, 7) is 3.97. The first kappa shape index (κ1) is 20.1. The van der Waals surface area contributed by atoms with Gasteiger partial charge in [0.2, 0.25) is 0 Å². The number of carboxylic acid groups (broad SMARTS) is 1. The number of allylic oxidation sites excluding steroid dienone is 5. The zero-order chi connectivity index (χ0) is 21.3. The minimum absolute atomic E-state index is 0.141. The molecule has 1 N–H and O–H groups in total. The Kier molecular flexibility index (Phi) is 5.33. The van der Waals surface area contributed by atoms with E-state index in [-0.39, 0.29) is 11.9 Å². The molecule has 3 unspecified atom stereocenters. The number of hydrogen-bond donors (Lipinski definition) is 1. The molecular formula is C26H26O4. The maximum atomic E-state index is 12.9. The third-order valence-corrected chi connectivity index (χ3v) is 6.34. The summed E-state index contributed by atoms with van der Waals surface area (Å²) in [5.41, 5.74) is 1.31. The van der Waals surface area contributed by atoms with E-state index >= 15 is 0 Å². The molecule has 4 rings (SSSR count). The monoisotopic (exact) mass is 402 g/mol. The van der Waals surface area contributed by atoms with Gasteiger partial charge in [0.15, 0.2) is 0 Å². The smallest absolute Gasteiger partial charge is 0.314 e. The number of aliphatic carboxylic acids is 1. The lowest BCUT2D eigenvalue weighted by molar-refractivity contribution is -0.142. The fourth-order valence-corrected chi connectivity index (χ4v) is 4.67. The van der Waals surface area contributed by atoms with E-state index < -0.39 is 17.3 Å². The van der Waals surface area contributed by atoms with Gasteiger partial charge in [0.25, 0.3) is 0 Å². The van der Waals surface area contributed by atoms with E-state index in [0.717, 1.165) is 35.6 Å². The van der Waals surface area contributed by atoms with Crippen LogP contribution in [0.3, 0.4) is 0 Å². The molecule has 4 nitrogen and oxygen atoms in total. The van der Waals surface area contributed by atoms with E-state index in [1.807, 2.05) is 56.3 Å². The summed E-state index contributed by atoms with van der Waals surface area (Å²) < 4.78 is 5.93. The molecular weight excluding hydrogens is 376 g/mol. The summed E-state index contributed by atoms with van der Waals surface area (Å²) in [6, 6.07) is 11.5. The molecule has 0 fully saturated rings. The van der Waals surface area contributed by atoms with Gasteiger partial charge in [-0.1, -0.05) is 73.2 Å². The number of hydrogen-bond acceptors (Lipinski definition) is 3. The van der Waals surface area contributed by atoms with Gasteiger partial charge in [-0.05, 0) is 43.2 Å². The van der Waals surface area contributed by atoms with Crippen LogP contribution in [0.25, 0.3) is 10.8 Å². The second-order valence-electron chi connectivity index (χ2n) is 8.45. The van der Waals surface area contributed by atoms with E-state index in [4.69, 9.17) is 4.74 Å². The van der Waals surface area contributed by atoms with Gasteiger partial charge in [0.1, 0.15) is 5.75 Å². The molecule has 0 saturated carbocycles. The molecule has 2 aliphatic rings. The minimum Gasteiger partial charge on any atom is -0.481 e. The number of fused-ring (bicyclic) bond motifs is 1. The van der Waals surface area contributed by atoms with Gasteiger partial charge in [-0.3, -0.25) is 9.59 Å². The lowest BCUT2D eigenvalue weighted by Gasteiger charge is -2.34. The van der Waals surface area contributed by atoms with Crippen LogP contribution in [0.4, 0.5) is 0 Å². The average Bonchev–Trinajstić information content (AvgIpc) is 2.73. The Labute approximate surface area is 176 Å². The maximum Gasteiger partial charge on any atom is 0.314 e. The Balaban J connectivity index is 1.79. The van der Waals surface area contributed by atoms with Gasteiger partial charge >= 0.3 is 11.9 Å². The molecule has 0 radical (unpaired) electrons. The molecule has 2 aliphatic carbocycles. The van der Waals surface area contributed by atoms with Crippen LogP contribution in [-0.2, 0) is 15.0 Å². The first-order chi connectivity index (χ1) is 14.4. The molecule has 2 aromatic rings. The van der Waals surface area contributed by atoms with E-state index in [1.54, 1.807) is 18.2 Å². The van der Waals surface area contributed by atoms with Crippen LogP contribution in [-0.4, -0.2) is 17.0 Å². The third kappa shape index (κ3) is 3.58. The predicted molar refractivity (Wildman–Crippen MR) is 117 cm³/mol. The Morgan fingerprint density at radius 3 is 2.63 bits per heavy atom. The Bertz CT molecular complexity index is 1090. The SMILES string of the molecule is CC1=CCCC(C(=O)Oc2cccc3cccc(C4(C)C=CC=CC4C(=O)O)c23)C1. The van der Waals surface area contributed by atoms with E-state index in [9.17, 15) is 14.7 Å². The summed E-state index contributed by atoms with van der Waals surface area (Å²) >= 11 is 0. The standard InChI is InChI=1S/C26H26O4/c1-17-8-5-11-19(16-17)25(29)30-22-14-7-10-18-9-6-13-20(23(18)22)26(2)15-4-3-12-21(26)24(27)28/h3-4,6-10,12-15,19,21H,5,11,16H2,1-2H3,(H,27,28). The molecule has 3 atom stereocenters. The van der Waals surface area contributed by atoms with Crippen molar-refractivity contribution in [3.63, 3.8) is 0 Å².